The minimum absolute atomic E-state index is 0.606. The van der Waals surface area contributed by atoms with Gasteiger partial charge in [0.25, 0.3) is 0 Å². The molecule has 1 aliphatic rings. The highest BCUT2D eigenvalue weighted by atomic mass is 14.8. The van der Waals surface area contributed by atoms with Crippen molar-refractivity contribution in [1.82, 2.24) is 0 Å². The fraction of sp³-hybridized carbons (Fsp3) is 0.700. The second-order valence-corrected chi connectivity index (χ2v) is 3.29. The summed E-state index contributed by atoms with van der Waals surface area (Å²) in [6.07, 6.45) is 1.06. The summed E-state index contributed by atoms with van der Waals surface area (Å²) in [5, 5.41) is 0. The maximum absolute atomic E-state index is 4.09. The standard InChI is InChI=1S/C10H16N2/c1-4-5-11-7-12-6-10-8(2)9(10)3/h9-10H,2,4-6H2,1,3H3. The third-order valence-corrected chi connectivity index (χ3v) is 2.32. The second-order valence-electron chi connectivity index (χ2n) is 3.29. The zero-order valence-electron chi connectivity index (χ0n) is 7.88. The first-order chi connectivity index (χ1) is 5.77. The quantitative estimate of drug-likeness (QED) is 0.450. The predicted molar refractivity (Wildman–Crippen MR) is 51.7 cm³/mol. The third kappa shape index (κ3) is 2.31. The molecule has 1 rings (SSSR count). The lowest BCUT2D eigenvalue weighted by Crippen LogP contribution is -1.83. The maximum Gasteiger partial charge on any atom is 0.0892 e. The van der Waals surface area contributed by atoms with E-state index in [1.165, 1.54) is 5.57 Å². The van der Waals surface area contributed by atoms with Crippen molar-refractivity contribution in [3.05, 3.63) is 12.2 Å². The summed E-state index contributed by atoms with van der Waals surface area (Å²) < 4.78 is 0. The average molecular weight is 164 g/mol. The summed E-state index contributed by atoms with van der Waals surface area (Å²) >= 11 is 0. The minimum atomic E-state index is 0.606. The van der Waals surface area contributed by atoms with E-state index >= 15 is 0 Å². The molecule has 0 amide bonds. The Bertz CT molecular complexity index is 224. The molecule has 2 nitrogen and oxygen atoms in total. The van der Waals surface area contributed by atoms with E-state index < -0.39 is 0 Å². The smallest absolute Gasteiger partial charge is 0.0892 e. The number of aliphatic imine (C=N–C) groups is 2. The van der Waals surface area contributed by atoms with Crippen molar-refractivity contribution in [3.63, 3.8) is 0 Å². The molecule has 1 saturated carbocycles. The van der Waals surface area contributed by atoms with Crippen molar-refractivity contribution in [1.29, 1.82) is 0 Å². The van der Waals surface area contributed by atoms with Crippen LogP contribution < -0.4 is 0 Å². The summed E-state index contributed by atoms with van der Waals surface area (Å²) in [6, 6.07) is 2.71. The van der Waals surface area contributed by atoms with Gasteiger partial charge in [0.2, 0.25) is 0 Å². The molecule has 12 heavy (non-hydrogen) atoms. The van der Waals surface area contributed by atoms with Gasteiger partial charge in [-0.1, -0.05) is 26.0 Å². The lowest BCUT2D eigenvalue weighted by atomic mass is 10.3. The van der Waals surface area contributed by atoms with Crippen molar-refractivity contribution >= 4 is 6.01 Å². The topological polar surface area (TPSA) is 24.7 Å². The van der Waals surface area contributed by atoms with Crippen LogP contribution in [-0.4, -0.2) is 19.1 Å². The van der Waals surface area contributed by atoms with Gasteiger partial charge in [0.05, 0.1) is 12.6 Å². The van der Waals surface area contributed by atoms with Gasteiger partial charge in [0.1, 0.15) is 0 Å². The highest BCUT2D eigenvalue weighted by Gasteiger charge is 2.37. The number of hydrogen-bond acceptors (Lipinski definition) is 2. The van der Waals surface area contributed by atoms with Crippen molar-refractivity contribution < 1.29 is 0 Å². The monoisotopic (exact) mass is 164 g/mol. The Hall–Kier alpha value is -0.880. The molecule has 0 heterocycles. The summed E-state index contributed by atoms with van der Waals surface area (Å²) in [5.74, 6) is 1.27. The molecular formula is C10H16N2. The first-order valence-corrected chi connectivity index (χ1v) is 4.54. The summed E-state index contributed by atoms with van der Waals surface area (Å²) in [7, 11) is 0. The van der Waals surface area contributed by atoms with Gasteiger partial charge in [0.15, 0.2) is 0 Å². The maximum atomic E-state index is 4.09. The van der Waals surface area contributed by atoms with Crippen LogP contribution in [0.15, 0.2) is 22.1 Å². The van der Waals surface area contributed by atoms with Crippen molar-refractivity contribution in [2.75, 3.05) is 13.1 Å². The molecular weight excluding hydrogens is 148 g/mol. The number of nitrogens with zero attached hydrogens (tertiary/aromatic N) is 2. The van der Waals surface area contributed by atoms with Crippen LogP contribution in [0.3, 0.4) is 0 Å². The first kappa shape index (κ1) is 9.21. The molecule has 66 valence electrons. The minimum Gasteiger partial charge on any atom is -0.226 e. The van der Waals surface area contributed by atoms with Crippen LogP contribution in [0.25, 0.3) is 0 Å². The van der Waals surface area contributed by atoms with Gasteiger partial charge < -0.3 is 0 Å². The molecule has 0 aromatic carbocycles. The van der Waals surface area contributed by atoms with Gasteiger partial charge in [-0.05, 0) is 12.3 Å². The predicted octanol–water partition coefficient (Wildman–Crippen LogP) is 2.39. The van der Waals surface area contributed by atoms with E-state index in [0.29, 0.717) is 11.8 Å². The zero-order chi connectivity index (χ0) is 8.97. The fourth-order valence-electron chi connectivity index (χ4n) is 1.17. The van der Waals surface area contributed by atoms with Crippen LogP contribution >= 0.6 is 0 Å². The molecule has 0 bridgehead atoms. The molecule has 1 aliphatic carbocycles. The van der Waals surface area contributed by atoms with Crippen LogP contribution in [0, 0.1) is 11.8 Å². The molecule has 0 N–H and O–H groups in total. The molecule has 0 radical (unpaired) electrons. The second kappa shape index (κ2) is 4.22. The Morgan fingerprint density at radius 3 is 2.67 bits per heavy atom. The van der Waals surface area contributed by atoms with Gasteiger partial charge in [-0.25, -0.2) is 9.98 Å². The van der Waals surface area contributed by atoms with Crippen LogP contribution in [0.1, 0.15) is 20.3 Å². The molecule has 2 unspecified atom stereocenters. The Morgan fingerprint density at radius 2 is 2.17 bits per heavy atom. The normalized spacial score (nSPS) is 26.3. The third-order valence-electron chi connectivity index (χ3n) is 2.32. The molecule has 1 fully saturated rings. The Morgan fingerprint density at radius 1 is 1.50 bits per heavy atom. The summed E-state index contributed by atoms with van der Waals surface area (Å²) in [4.78, 5) is 8.09. The van der Waals surface area contributed by atoms with Crippen molar-refractivity contribution in [2.45, 2.75) is 20.3 Å². The van der Waals surface area contributed by atoms with E-state index in [4.69, 9.17) is 0 Å². The molecule has 2 heteroatoms. The van der Waals surface area contributed by atoms with Crippen LogP contribution in [-0.2, 0) is 0 Å². The van der Waals surface area contributed by atoms with Gasteiger partial charge in [-0.3, -0.25) is 0 Å². The molecule has 0 spiro atoms. The van der Waals surface area contributed by atoms with Gasteiger partial charge in [-0.15, -0.1) is 0 Å². The Balaban J connectivity index is 2.18. The summed E-state index contributed by atoms with van der Waals surface area (Å²) in [6.45, 7) is 9.87. The van der Waals surface area contributed by atoms with Gasteiger partial charge in [0, 0.05) is 12.5 Å². The molecule has 0 aromatic heterocycles. The lowest BCUT2D eigenvalue weighted by Gasteiger charge is -1.83. The SMILES string of the molecule is C=C1C(C)C1CN=C=NCCC. The van der Waals surface area contributed by atoms with E-state index in [1.807, 2.05) is 0 Å². The van der Waals surface area contributed by atoms with Gasteiger partial charge in [-0.2, -0.15) is 0 Å². The van der Waals surface area contributed by atoms with Crippen molar-refractivity contribution in [3.8, 4) is 0 Å². The van der Waals surface area contributed by atoms with E-state index in [-0.39, 0.29) is 0 Å². The highest BCUT2D eigenvalue weighted by molar-refractivity contribution is 5.41. The fourth-order valence-corrected chi connectivity index (χ4v) is 1.17. The zero-order valence-corrected chi connectivity index (χ0v) is 7.88. The number of hydrogen-bond donors (Lipinski definition) is 0. The largest absolute Gasteiger partial charge is 0.226 e. The molecule has 0 saturated heterocycles. The lowest BCUT2D eigenvalue weighted by molar-refractivity contribution is 0.765. The van der Waals surface area contributed by atoms with Crippen molar-refractivity contribution in [2.24, 2.45) is 21.8 Å². The van der Waals surface area contributed by atoms with Crippen LogP contribution in [0.4, 0.5) is 0 Å². The van der Waals surface area contributed by atoms with Gasteiger partial charge >= 0.3 is 0 Å². The number of rotatable bonds is 4. The molecule has 0 aliphatic heterocycles. The van der Waals surface area contributed by atoms with E-state index in [9.17, 15) is 0 Å². The Kier molecular flexibility index (Phi) is 3.24. The summed E-state index contributed by atoms with van der Waals surface area (Å²) in [5.41, 5.74) is 1.33. The first-order valence-electron chi connectivity index (χ1n) is 4.54. The highest BCUT2D eigenvalue weighted by Crippen LogP contribution is 2.43. The average Bonchev–Trinajstić information content (AvgIpc) is 2.62. The van der Waals surface area contributed by atoms with Crippen LogP contribution in [0.5, 0.6) is 0 Å². The Labute approximate surface area is 74.1 Å². The molecule has 2 atom stereocenters. The van der Waals surface area contributed by atoms with Crippen LogP contribution in [0.2, 0.25) is 0 Å². The molecule has 0 aromatic rings. The van der Waals surface area contributed by atoms with E-state index in [1.54, 1.807) is 0 Å². The van der Waals surface area contributed by atoms with E-state index in [0.717, 1.165) is 19.5 Å². The van der Waals surface area contributed by atoms with E-state index in [2.05, 4.69) is 36.4 Å².